The van der Waals surface area contributed by atoms with Crippen LogP contribution in [-0.4, -0.2) is 48.9 Å². The normalized spacial score (nSPS) is 18.3. The molecule has 1 aliphatic heterocycles. The lowest BCUT2D eigenvalue weighted by Crippen LogP contribution is -2.43. The highest BCUT2D eigenvalue weighted by atomic mass is 16.5. The molecule has 1 aliphatic rings. The molecular formula is C13H23NO5. The summed E-state index contributed by atoms with van der Waals surface area (Å²) in [4.78, 5) is 22.7. The van der Waals surface area contributed by atoms with Gasteiger partial charge in [-0.15, -0.1) is 0 Å². The van der Waals surface area contributed by atoms with E-state index in [2.05, 4.69) is 5.32 Å². The van der Waals surface area contributed by atoms with Crippen molar-refractivity contribution in [3.63, 3.8) is 0 Å². The van der Waals surface area contributed by atoms with E-state index < -0.39 is 12.0 Å². The summed E-state index contributed by atoms with van der Waals surface area (Å²) < 4.78 is 10.6. The Bertz CT molecular complexity index is 299. The van der Waals surface area contributed by atoms with Crippen LogP contribution in [0, 0.1) is 5.92 Å². The number of aliphatic carboxylic acids is 1. The summed E-state index contributed by atoms with van der Waals surface area (Å²) >= 11 is 0. The van der Waals surface area contributed by atoms with Gasteiger partial charge in [-0.25, -0.2) is 4.79 Å². The van der Waals surface area contributed by atoms with Crippen molar-refractivity contribution in [1.29, 1.82) is 0 Å². The summed E-state index contributed by atoms with van der Waals surface area (Å²) in [5.74, 6) is -1.18. The number of nitrogens with one attached hydrogen (secondary N) is 1. The Balaban J connectivity index is 2.29. The molecule has 6 nitrogen and oxygen atoms in total. The van der Waals surface area contributed by atoms with E-state index in [0.29, 0.717) is 19.6 Å². The maximum Gasteiger partial charge on any atom is 0.326 e. The fourth-order valence-corrected chi connectivity index (χ4v) is 1.97. The summed E-state index contributed by atoms with van der Waals surface area (Å²) in [5, 5.41) is 11.5. The van der Waals surface area contributed by atoms with Crippen molar-refractivity contribution in [2.45, 2.75) is 45.3 Å². The van der Waals surface area contributed by atoms with E-state index >= 15 is 0 Å². The van der Waals surface area contributed by atoms with Gasteiger partial charge in [0.05, 0.1) is 6.10 Å². The minimum Gasteiger partial charge on any atom is -0.480 e. The fourth-order valence-electron chi connectivity index (χ4n) is 1.97. The molecule has 1 rings (SSSR count). The Hall–Kier alpha value is -1.14. The molecule has 0 saturated carbocycles. The number of amides is 1. The van der Waals surface area contributed by atoms with E-state index in [1.54, 1.807) is 0 Å². The maximum atomic E-state index is 11.7. The zero-order chi connectivity index (χ0) is 14.3. The molecule has 1 amide bonds. The number of hydrogen-bond donors (Lipinski definition) is 2. The first-order valence-corrected chi connectivity index (χ1v) is 6.70. The van der Waals surface area contributed by atoms with E-state index in [4.69, 9.17) is 14.6 Å². The van der Waals surface area contributed by atoms with Crippen LogP contribution in [0.5, 0.6) is 0 Å². The highest BCUT2D eigenvalue weighted by molar-refractivity contribution is 5.84. The Morgan fingerprint density at radius 1 is 1.37 bits per heavy atom. The van der Waals surface area contributed by atoms with Crippen molar-refractivity contribution in [2.75, 3.05) is 19.8 Å². The van der Waals surface area contributed by atoms with Gasteiger partial charge in [-0.3, -0.25) is 4.79 Å². The van der Waals surface area contributed by atoms with Crippen molar-refractivity contribution in [3.05, 3.63) is 0 Å². The van der Waals surface area contributed by atoms with Crippen LogP contribution in [-0.2, 0) is 19.1 Å². The number of hydrogen-bond acceptors (Lipinski definition) is 4. The Morgan fingerprint density at radius 2 is 2.00 bits per heavy atom. The predicted molar refractivity (Wildman–Crippen MR) is 68.8 cm³/mol. The zero-order valence-electron chi connectivity index (χ0n) is 11.6. The molecular weight excluding hydrogens is 250 g/mol. The predicted octanol–water partition coefficient (Wildman–Crippen LogP) is 0.798. The van der Waals surface area contributed by atoms with Gasteiger partial charge in [0.2, 0.25) is 5.91 Å². The van der Waals surface area contributed by atoms with Crippen LogP contribution >= 0.6 is 0 Å². The third-order valence-corrected chi connectivity index (χ3v) is 2.96. The molecule has 0 aliphatic carbocycles. The van der Waals surface area contributed by atoms with Gasteiger partial charge in [0.25, 0.3) is 0 Å². The third kappa shape index (κ3) is 6.54. The van der Waals surface area contributed by atoms with Crippen LogP contribution < -0.4 is 5.32 Å². The largest absolute Gasteiger partial charge is 0.480 e. The monoisotopic (exact) mass is 273 g/mol. The second kappa shape index (κ2) is 8.12. The van der Waals surface area contributed by atoms with Crippen molar-refractivity contribution < 1.29 is 24.2 Å². The molecule has 6 heteroatoms. The van der Waals surface area contributed by atoms with Crippen LogP contribution in [0.4, 0.5) is 0 Å². The van der Waals surface area contributed by atoms with Crippen LogP contribution in [0.15, 0.2) is 0 Å². The fraction of sp³-hybridized carbons (Fsp3) is 0.846. The van der Waals surface area contributed by atoms with Crippen LogP contribution in [0.25, 0.3) is 0 Å². The van der Waals surface area contributed by atoms with Crippen LogP contribution in [0.2, 0.25) is 0 Å². The molecule has 0 aromatic rings. The third-order valence-electron chi connectivity index (χ3n) is 2.96. The summed E-state index contributed by atoms with van der Waals surface area (Å²) in [5.41, 5.74) is 0. The number of carboxylic acid groups (broad SMARTS) is 1. The molecule has 1 unspecified atom stereocenters. The lowest BCUT2D eigenvalue weighted by molar-refractivity contribution is -0.143. The van der Waals surface area contributed by atoms with Gasteiger partial charge in [0.15, 0.2) is 0 Å². The van der Waals surface area contributed by atoms with Gasteiger partial charge in [0, 0.05) is 13.2 Å². The smallest absolute Gasteiger partial charge is 0.326 e. The molecule has 1 fully saturated rings. The highest BCUT2D eigenvalue weighted by Gasteiger charge is 2.22. The topological polar surface area (TPSA) is 84.9 Å². The van der Waals surface area contributed by atoms with E-state index in [9.17, 15) is 9.59 Å². The minimum absolute atomic E-state index is 0.0351. The summed E-state index contributed by atoms with van der Waals surface area (Å²) in [6, 6.07) is -0.842. The van der Waals surface area contributed by atoms with Gasteiger partial charge in [-0.2, -0.15) is 0 Å². The molecule has 2 N–H and O–H groups in total. The van der Waals surface area contributed by atoms with Gasteiger partial charge in [-0.1, -0.05) is 13.8 Å². The first kappa shape index (κ1) is 15.9. The Morgan fingerprint density at radius 3 is 2.53 bits per heavy atom. The van der Waals surface area contributed by atoms with E-state index in [-0.39, 0.29) is 24.5 Å². The average molecular weight is 273 g/mol. The number of carbonyl (C=O) groups excluding carboxylic acids is 1. The van der Waals surface area contributed by atoms with Gasteiger partial charge < -0.3 is 19.9 Å². The lowest BCUT2D eigenvalue weighted by Gasteiger charge is -2.22. The molecule has 110 valence electrons. The summed E-state index contributed by atoms with van der Waals surface area (Å²) in [7, 11) is 0. The second-order valence-electron chi connectivity index (χ2n) is 5.21. The maximum absolute atomic E-state index is 11.7. The molecule has 1 saturated heterocycles. The highest BCUT2D eigenvalue weighted by Crippen LogP contribution is 2.10. The summed E-state index contributed by atoms with van der Waals surface area (Å²) in [6.07, 6.45) is 2.01. The quantitative estimate of drug-likeness (QED) is 0.716. The van der Waals surface area contributed by atoms with Crippen molar-refractivity contribution in [2.24, 2.45) is 5.92 Å². The standard InChI is InChI=1S/C13H23NO5/c1-9(2)7-11(13(16)17)14-12(15)8-19-10-3-5-18-6-4-10/h9-11H,3-8H2,1-2H3,(H,14,15)(H,16,17). The lowest BCUT2D eigenvalue weighted by atomic mass is 10.0. The van der Waals surface area contributed by atoms with Gasteiger partial charge in [-0.05, 0) is 25.2 Å². The zero-order valence-corrected chi connectivity index (χ0v) is 11.6. The molecule has 0 bridgehead atoms. The molecule has 1 heterocycles. The molecule has 0 radical (unpaired) electrons. The molecule has 1 atom stereocenters. The van der Waals surface area contributed by atoms with Crippen molar-refractivity contribution >= 4 is 11.9 Å². The average Bonchev–Trinajstić information content (AvgIpc) is 2.36. The number of rotatable bonds is 7. The second-order valence-corrected chi connectivity index (χ2v) is 5.21. The van der Waals surface area contributed by atoms with Crippen LogP contribution in [0.1, 0.15) is 33.1 Å². The number of ether oxygens (including phenoxy) is 2. The Kier molecular flexibility index (Phi) is 6.80. The molecule has 0 aromatic carbocycles. The Labute approximate surface area is 113 Å². The van der Waals surface area contributed by atoms with Crippen molar-refractivity contribution in [3.8, 4) is 0 Å². The molecule has 0 aromatic heterocycles. The summed E-state index contributed by atoms with van der Waals surface area (Å²) in [6.45, 7) is 5.04. The number of carboxylic acids is 1. The minimum atomic E-state index is -1.01. The van der Waals surface area contributed by atoms with E-state index in [1.807, 2.05) is 13.8 Å². The van der Waals surface area contributed by atoms with E-state index in [0.717, 1.165) is 12.8 Å². The SMILES string of the molecule is CC(C)CC(NC(=O)COC1CCOCC1)C(=O)O. The van der Waals surface area contributed by atoms with Crippen LogP contribution in [0.3, 0.4) is 0 Å². The molecule has 0 spiro atoms. The van der Waals surface area contributed by atoms with Gasteiger partial charge >= 0.3 is 5.97 Å². The first-order chi connectivity index (χ1) is 8.99. The van der Waals surface area contributed by atoms with Gasteiger partial charge in [0.1, 0.15) is 12.6 Å². The molecule has 19 heavy (non-hydrogen) atoms. The first-order valence-electron chi connectivity index (χ1n) is 6.70. The van der Waals surface area contributed by atoms with E-state index in [1.165, 1.54) is 0 Å². The van der Waals surface area contributed by atoms with Crippen molar-refractivity contribution in [1.82, 2.24) is 5.32 Å². The number of carbonyl (C=O) groups is 2.